The highest BCUT2D eigenvalue weighted by Gasteiger charge is 2.29. The van der Waals surface area contributed by atoms with Crippen molar-refractivity contribution in [1.82, 2.24) is 20.1 Å². The van der Waals surface area contributed by atoms with Crippen molar-refractivity contribution in [1.29, 1.82) is 0 Å². The van der Waals surface area contributed by atoms with Crippen LogP contribution in [0.5, 0.6) is 5.75 Å². The standard InChI is InChI=1S/C17H20N4O5/c22-16(5-7-21-11-18-10-19-21)20-14-9-25-8-6-15(14)26-13-3-1-12(2-4-13)17(23)24/h1-4,10-11,14-15H,5-9H2,(H,20,22)(H,23,24)/t14-,15-/m1/s1. The molecule has 1 aliphatic rings. The monoisotopic (exact) mass is 360 g/mol. The summed E-state index contributed by atoms with van der Waals surface area (Å²) >= 11 is 0. The average molecular weight is 360 g/mol. The van der Waals surface area contributed by atoms with Crippen LogP contribution < -0.4 is 10.1 Å². The van der Waals surface area contributed by atoms with Gasteiger partial charge in [0.15, 0.2) is 0 Å². The van der Waals surface area contributed by atoms with Crippen LogP contribution in [-0.4, -0.2) is 57.1 Å². The molecule has 2 atom stereocenters. The summed E-state index contributed by atoms with van der Waals surface area (Å²) in [4.78, 5) is 26.9. The molecule has 0 unspecified atom stereocenters. The van der Waals surface area contributed by atoms with Gasteiger partial charge in [-0.25, -0.2) is 9.78 Å². The van der Waals surface area contributed by atoms with Crippen LogP contribution in [0, 0.1) is 0 Å². The highest BCUT2D eigenvalue weighted by molar-refractivity contribution is 5.87. The van der Waals surface area contributed by atoms with E-state index in [1.54, 1.807) is 23.1 Å². The van der Waals surface area contributed by atoms with Crippen LogP contribution in [0.4, 0.5) is 0 Å². The van der Waals surface area contributed by atoms with Crippen molar-refractivity contribution in [3.63, 3.8) is 0 Å². The maximum absolute atomic E-state index is 12.2. The Balaban J connectivity index is 1.55. The molecule has 9 nitrogen and oxygen atoms in total. The van der Waals surface area contributed by atoms with Crippen LogP contribution >= 0.6 is 0 Å². The zero-order valence-corrected chi connectivity index (χ0v) is 14.1. The summed E-state index contributed by atoms with van der Waals surface area (Å²) in [6, 6.07) is 5.93. The number of nitrogens with zero attached hydrogens (tertiary/aromatic N) is 3. The quantitative estimate of drug-likeness (QED) is 0.747. The topological polar surface area (TPSA) is 116 Å². The summed E-state index contributed by atoms with van der Waals surface area (Å²) in [5.41, 5.74) is 0.197. The number of hydrogen-bond donors (Lipinski definition) is 2. The smallest absolute Gasteiger partial charge is 0.335 e. The molecular weight excluding hydrogens is 340 g/mol. The second kappa shape index (κ2) is 8.43. The normalized spacial score (nSPS) is 19.7. The van der Waals surface area contributed by atoms with Crippen molar-refractivity contribution in [2.75, 3.05) is 13.2 Å². The van der Waals surface area contributed by atoms with Gasteiger partial charge in [-0.05, 0) is 24.3 Å². The predicted molar refractivity (Wildman–Crippen MR) is 89.8 cm³/mol. The lowest BCUT2D eigenvalue weighted by Gasteiger charge is -2.32. The Morgan fingerprint density at radius 3 is 2.85 bits per heavy atom. The van der Waals surface area contributed by atoms with Gasteiger partial charge in [0, 0.05) is 12.8 Å². The Labute approximate surface area is 149 Å². The number of rotatable bonds is 7. The zero-order chi connectivity index (χ0) is 18.4. The molecule has 1 aromatic heterocycles. The SMILES string of the molecule is O=C(CCn1cncn1)N[C@@H]1COCC[C@H]1Oc1ccc(C(=O)O)cc1. The molecule has 138 valence electrons. The first-order chi connectivity index (χ1) is 12.6. The molecule has 2 N–H and O–H groups in total. The van der Waals surface area contributed by atoms with E-state index in [2.05, 4.69) is 15.4 Å². The summed E-state index contributed by atoms with van der Waals surface area (Å²) in [5, 5.41) is 15.8. The van der Waals surface area contributed by atoms with Gasteiger partial charge in [0.1, 0.15) is 24.5 Å². The molecule has 1 saturated heterocycles. The lowest BCUT2D eigenvalue weighted by molar-refractivity contribution is -0.124. The van der Waals surface area contributed by atoms with E-state index in [0.29, 0.717) is 31.9 Å². The van der Waals surface area contributed by atoms with Gasteiger partial charge in [0.05, 0.1) is 31.4 Å². The van der Waals surface area contributed by atoms with E-state index >= 15 is 0 Å². The van der Waals surface area contributed by atoms with Crippen LogP contribution in [0.3, 0.4) is 0 Å². The fourth-order valence-corrected chi connectivity index (χ4v) is 2.69. The largest absolute Gasteiger partial charge is 0.488 e. The Hall–Kier alpha value is -2.94. The zero-order valence-electron chi connectivity index (χ0n) is 14.1. The number of carboxylic acid groups (broad SMARTS) is 1. The molecule has 3 rings (SSSR count). The number of benzene rings is 1. The molecule has 0 saturated carbocycles. The van der Waals surface area contributed by atoms with E-state index in [1.165, 1.54) is 18.5 Å². The molecule has 2 heterocycles. The molecule has 0 bridgehead atoms. The van der Waals surface area contributed by atoms with Crippen molar-refractivity contribution in [3.05, 3.63) is 42.5 Å². The Bertz CT molecular complexity index is 732. The number of carbonyl (C=O) groups excluding carboxylic acids is 1. The molecule has 26 heavy (non-hydrogen) atoms. The van der Waals surface area contributed by atoms with Gasteiger partial charge >= 0.3 is 5.97 Å². The van der Waals surface area contributed by atoms with Gasteiger partial charge in [-0.15, -0.1) is 0 Å². The Kier molecular flexibility index (Phi) is 5.80. The first kappa shape index (κ1) is 17.9. The van der Waals surface area contributed by atoms with Crippen LogP contribution in [0.15, 0.2) is 36.9 Å². The second-order valence-electron chi connectivity index (χ2n) is 5.93. The van der Waals surface area contributed by atoms with E-state index in [4.69, 9.17) is 14.6 Å². The van der Waals surface area contributed by atoms with Gasteiger partial charge in [-0.1, -0.05) is 0 Å². The maximum atomic E-state index is 12.2. The van der Waals surface area contributed by atoms with Crippen molar-refractivity contribution >= 4 is 11.9 Å². The summed E-state index contributed by atoms with van der Waals surface area (Å²) in [7, 11) is 0. The molecule has 9 heteroatoms. The van der Waals surface area contributed by atoms with Crippen molar-refractivity contribution in [2.45, 2.75) is 31.5 Å². The number of aryl methyl sites for hydroxylation is 1. The van der Waals surface area contributed by atoms with E-state index in [9.17, 15) is 9.59 Å². The third-order valence-electron chi connectivity index (χ3n) is 4.06. The Morgan fingerprint density at radius 1 is 1.35 bits per heavy atom. The number of amides is 1. The third kappa shape index (κ3) is 4.79. The van der Waals surface area contributed by atoms with Crippen molar-refractivity contribution in [3.8, 4) is 5.75 Å². The summed E-state index contributed by atoms with van der Waals surface area (Å²) in [6.45, 7) is 1.36. The maximum Gasteiger partial charge on any atom is 0.335 e. The van der Waals surface area contributed by atoms with Gasteiger partial charge in [-0.2, -0.15) is 5.10 Å². The second-order valence-corrected chi connectivity index (χ2v) is 5.93. The molecule has 1 fully saturated rings. The average Bonchev–Trinajstić information content (AvgIpc) is 3.16. The number of aromatic nitrogens is 3. The number of nitrogens with one attached hydrogen (secondary N) is 1. The predicted octanol–water partition coefficient (Wildman–Crippen LogP) is 0.719. The highest BCUT2D eigenvalue weighted by Crippen LogP contribution is 2.19. The molecule has 1 aliphatic heterocycles. The molecular formula is C17H20N4O5. The van der Waals surface area contributed by atoms with E-state index in [-0.39, 0.29) is 30.0 Å². The number of carbonyl (C=O) groups is 2. The molecule has 2 aromatic rings. The number of carboxylic acids is 1. The minimum atomic E-state index is -0.986. The molecule has 0 radical (unpaired) electrons. The first-order valence-corrected chi connectivity index (χ1v) is 8.31. The van der Waals surface area contributed by atoms with E-state index in [1.807, 2.05) is 0 Å². The summed E-state index contributed by atoms with van der Waals surface area (Å²) in [5.74, 6) is -0.547. The van der Waals surface area contributed by atoms with Crippen molar-refractivity contribution in [2.24, 2.45) is 0 Å². The van der Waals surface area contributed by atoms with Gasteiger partial charge in [0.2, 0.25) is 5.91 Å². The number of ether oxygens (including phenoxy) is 2. The lowest BCUT2D eigenvalue weighted by Crippen LogP contribution is -2.51. The number of hydrogen-bond acceptors (Lipinski definition) is 6. The third-order valence-corrected chi connectivity index (χ3v) is 4.06. The minimum absolute atomic E-state index is 0.120. The summed E-state index contributed by atoms with van der Waals surface area (Å²) < 4.78 is 13.0. The fourth-order valence-electron chi connectivity index (χ4n) is 2.69. The van der Waals surface area contributed by atoms with Crippen LogP contribution in [0.1, 0.15) is 23.2 Å². The molecule has 0 spiro atoms. The van der Waals surface area contributed by atoms with E-state index in [0.717, 1.165) is 0 Å². The molecule has 0 aliphatic carbocycles. The number of aromatic carboxylic acids is 1. The van der Waals surface area contributed by atoms with Gasteiger partial charge in [-0.3, -0.25) is 9.48 Å². The van der Waals surface area contributed by atoms with Crippen LogP contribution in [-0.2, 0) is 16.1 Å². The first-order valence-electron chi connectivity index (χ1n) is 8.31. The van der Waals surface area contributed by atoms with Crippen LogP contribution in [0.2, 0.25) is 0 Å². The fraction of sp³-hybridized carbons (Fsp3) is 0.412. The molecule has 1 amide bonds. The minimum Gasteiger partial charge on any atom is -0.488 e. The lowest BCUT2D eigenvalue weighted by atomic mass is 10.1. The van der Waals surface area contributed by atoms with Crippen LogP contribution in [0.25, 0.3) is 0 Å². The van der Waals surface area contributed by atoms with E-state index < -0.39 is 5.97 Å². The summed E-state index contributed by atoms with van der Waals surface area (Å²) in [6.07, 6.45) is 3.65. The Morgan fingerprint density at radius 2 is 2.15 bits per heavy atom. The highest BCUT2D eigenvalue weighted by atomic mass is 16.5. The van der Waals surface area contributed by atoms with Gasteiger partial charge in [0.25, 0.3) is 0 Å². The van der Waals surface area contributed by atoms with Gasteiger partial charge < -0.3 is 19.9 Å². The van der Waals surface area contributed by atoms with Crippen molar-refractivity contribution < 1.29 is 24.2 Å². The molecule has 1 aromatic carbocycles.